The maximum absolute atomic E-state index is 5.85. The van der Waals surface area contributed by atoms with Crippen LogP contribution in [0.4, 0.5) is 5.69 Å². The van der Waals surface area contributed by atoms with E-state index in [1.165, 1.54) is 5.56 Å². The molecular weight excluding hydrogens is 286 g/mol. The van der Waals surface area contributed by atoms with Gasteiger partial charge >= 0.3 is 0 Å². The Kier molecular flexibility index (Phi) is 4.94. The summed E-state index contributed by atoms with van der Waals surface area (Å²) < 4.78 is 5.85. The minimum Gasteiger partial charge on any atom is -0.491 e. The van der Waals surface area contributed by atoms with Crippen LogP contribution in [0.2, 0.25) is 0 Å². The molecule has 4 nitrogen and oxygen atoms in total. The molecule has 0 aliphatic carbocycles. The molecule has 0 aromatic heterocycles. The molecule has 23 heavy (non-hydrogen) atoms. The quantitative estimate of drug-likeness (QED) is 0.831. The number of fused-ring (bicyclic) bond motifs is 1. The Balaban J connectivity index is 1.52. The zero-order valence-corrected chi connectivity index (χ0v) is 13.3. The van der Waals surface area contributed by atoms with Crippen molar-refractivity contribution in [3.63, 3.8) is 0 Å². The van der Waals surface area contributed by atoms with E-state index in [9.17, 15) is 0 Å². The molecule has 118 valence electrons. The van der Waals surface area contributed by atoms with Gasteiger partial charge in [-0.1, -0.05) is 48.6 Å². The highest BCUT2D eigenvalue weighted by Crippen LogP contribution is 2.21. The van der Waals surface area contributed by atoms with Crippen molar-refractivity contribution in [3.05, 3.63) is 65.7 Å². The second kappa shape index (κ2) is 7.49. The monoisotopic (exact) mass is 307 g/mol. The Bertz CT molecular complexity index is 722. The van der Waals surface area contributed by atoms with Gasteiger partial charge in [0.1, 0.15) is 12.4 Å². The molecule has 3 rings (SSSR count). The molecule has 0 unspecified atom stereocenters. The molecule has 1 aliphatic heterocycles. The molecule has 0 bridgehead atoms. The van der Waals surface area contributed by atoms with E-state index in [1.807, 2.05) is 61.5 Å². The van der Waals surface area contributed by atoms with Gasteiger partial charge in [0.2, 0.25) is 0 Å². The normalized spacial score (nSPS) is 13.2. The van der Waals surface area contributed by atoms with Crippen LogP contribution in [-0.2, 0) is 6.54 Å². The fourth-order valence-electron chi connectivity index (χ4n) is 2.47. The van der Waals surface area contributed by atoms with Gasteiger partial charge in [-0.2, -0.15) is 0 Å². The van der Waals surface area contributed by atoms with Crippen molar-refractivity contribution in [2.75, 3.05) is 13.2 Å². The first-order valence-corrected chi connectivity index (χ1v) is 7.85. The number of nitrogens with one attached hydrogen (secondary N) is 2. The summed E-state index contributed by atoms with van der Waals surface area (Å²) >= 11 is 0. The minimum atomic E-state index is 0.580. The van der Waals surface area contributed by atoms with E-state index in [4.69, 9.17) is 4.74 Å². The van der Waals surface area contributed by atoms with Crippen molar-refractivity contribution in [1.82, 2.24) is 10.6 Å². The average molecular weight is 307 g/mol. The van der Waals surface area contributed by atoms with Crippen LogP contribution in [0.1, 0.15) is 18.1 Å². The van der Waals surface area contributed by atoms with Gasteiger partial charge in [0, 0.05) is 12.1 Å². The highest BCUT2D eigenvalue weighted by Gasteiger charge is 2.09. The number of guanidine groups is 1. The van der Waals surface area contributed by atoms with Crippen molar-refractivity contribution in [2.24, 2.45) is 4.99 Å². The zero-order chi connectivity index (χ0) is 15.9. The van der Waals surface area contributed by atoms with Crippen LogP contribution in [-0.4, -0.2) is 19.1 Å². The fraction of sp³-hybridized carbons (Fsp3) is 0.211. The first-order chi connectivity index (χ1) is 11.4. The van der Waals surface area contributed by atoms with E-state index in [-0.39, 0.29) is 0 Å². The summed E-state index contributed by atoms with van der Waals surface area (Å²) in [4.78, 5) is 4.56. The van der Waals surface area contributed by atoms with Crippen molar-refractivity contribution in [1.29, 1.82) is 0 Å². The molecule has 0 saturated carbocycles. The van der Waals surface area contributed by atoms with Gasteiger partial charge in [-0.05, 0) is 24.6 Å². The largest absolute Gasteiger partial charge is 0.491 e. The molecule has 0 amide bonds. The number of ether oxygens (including phenoxy) is 1. The predicted molar refractivity (Wildman–Crippen MR) is 95.0 cm³/mol. The van der Waals surface area contributed by atoms with Gasteiger partial charge in [-0.25, -0.2) is 4.99 Å². The molecule has 1 heterocycles. The second-order valence-electron chi connectivity index (χ2n) is 5.26. The minimum absolute atomic E-state index is 0.580. The van der Waals surface area contributed by atoms with Crippen LogP contribution in [0, 0.1) is 0 Å². The van der Waals surface area contributed by atoms with Crippen molar-refractivity contribution in [3.8, 4) is 5.75 Å². The van der Waals surface area contributed by atoms with Gasteiger partial charge in [0.25, 0.3) is 0 Å². The lowest BCUT2D eigenvalue weighted by Crippen LogP contribution is -2.40. The highest BCUT2D eigenvalue weighted by molar-refractivity contribution is 5.84. The smallest absolute Gasteiger partial charge is 0.196 e. The van der Waals surface area contributed by atoms with Crippen LogP contribution in [0.3, 0.4) is 0 Å². The number of allylic oxidation sites excluding steroid dienone is 1. The number of hydrogen-bond donors (Lipinski definition) is 2. The first-order valence-electron chi connectivity index (χ1n) is 7.85. The van der Waals surface area contributed by atoms with Crippen molar-refractivity contribution >= 4 is 17.7 Å². The molecule has 2 aromatic carbocycles. The van der Waals surface area contributed by atoms with Crippen LogP contribution < -0.4 is 15.4 Å². The van der Waals surface area contributed by atoms with Crippen LogP contribution in [0.15, 0.2) is 59.6 Å². The zero-order valence-electron chi connectivity index (χ0n) is 13.3. The van der Waals surface area contributed by atoms with Gasteiger partial charge in [0.15, 0.2) is 5.96 Å². The van der Waals surface area contributed by atoms with Gasteiger partial charge < -0.3 is 15.4 Å². The van der Waals surface area contributed by atoms with Crippen LogP contribution in [0.5, 0.6) is 5.75 Å². The Morgan fingerprint density at radius 3 is 2.91 bits per heavy atom. The van der Waals surface area contributed by atoms with Crippen LogP contribution in [0.25, 0.3) is 6.08 Å². The van der Waals surface area contributed by atoms with Crippen LogP contribution >= 0.6 is 0 Å². The Morgan fingerprint density at radius 1 is 1.17 bits per heavy atom. The second-order valence-corrected chi connectivity index (χ2v) is 5.26. The van der Waals surface area contributed by atoms with E-state index in [1.54, 1.807) is 0 Å². The third kappa shape index (κ3) is 3.92. The standard InChI is InChI=1S/C19H21N3O/c1-2-7-15-8-4-6-11-18(15)23-13-12-20-19-21-14-16-9-3-5-10-17(16)22-19/h2-11H,12-14H2,1H3,(H2,20,21,22). The number of para-hydroxylation sites is 2. The van der Waals surface area contributed by atoms with Gasteiger partial charge in [-0.3, -0.25) is 0 Å². The van der Waals surface area contributed by atoms with E-state index < -0.39 is 0 Å². The third-order valence-electron chi connectivity index (χ3n) is 3.59. The molecule has 0 spiro atoms. The summed E-state index contributed by atoms with van der Waals surface area (Å²) in [5, 5.41) is 6.56. The lowest BCUT2D eigenvalue weighted by atomic mass is 10.1. The molecule has 0 saturated heterocycles. The van der Waals surface area contributed by atoms with Crippen molar-refractivity contribution in [2.45, 2.75) is 13.5 Å². The number of aliphatic imine (C=N–C) groups is 1. The van der Waals surface area contributed by atoms with Gasteiger partial charge in [0.05, 0.1) is 12.2 Å². The average Bonchev–Trinajstić information content (AvgIpc) is 2.60. The number of hydrogen-bond acceptors (Lipinski definition) is 4. The number of benzene rings is 2. The Labute approximate surface area is 136 Å². The summed E-state index contributed by atoms with van der Waals surface area (Å²) in [6, 6.07) is 16.2. The molecule has 0 atom stereocenters. The predicted octanol–water partition coefficient (Wildman–Crippen LogP) is 3.48. The van der Waals surface area contributed by atoms with Gasteiger partial charge in [-0.15, -0.1) is 0 Å². The molecule has 2 aromatic rings. The SMILES string of the molecule is CC=Cc1ccccc1OCCNC1=Nc2ccccc2CN1. The number of nitrogens with zero attached hydrogens (tertiary/aromatic N) is 1. The maximum atomic E-state index is 5.85. The lowest BCUT2D eigenvalue weighted by molar-refractivity contribution is 0.321. The van der Waals surface area contributed by atoms with Crippen molar-refractivity contribution < 1.29 is 4.74 Å². The fourth-order valence-corrected chi connectivity index (χ4v) is 2.47. The third-order valence-corrected chi connectivity index (χ3v) is 3.59. The molecule has 0 radical (unpaired) electrons. The van der Waals surface area contributed by atoms with E-state index in [0.29, 0.717) is 13.2 Å². The summed E-state index contributed by atoms with van der Waals surface area (Å²) in [6.45, 7) is 4.07. The maximum Gasteiger partial charge on any atom is 0.196 e. The topological polar surface area (TPSA) is 45.6 Å². The number of rotatable bonds is 5. The molecule has 2 N–H and O–H groups in total. The molecule has 0 fully saturated rings. The highest BCUT2D eigenvalue weighted by atomic mass is 16.5. The molecular formula is C19H21N3O. The summed E-state index contributed by atoms with van der Waals surface area (Å²) in [7, 11) is 0. The summed E-state index contributed by atoms with van der Waals surface area (Å²) in [5.74, 6) is 1.70. The van der Waals surface area contributed by atoms with E-state index in [2.05, 4.69) is 21.7 Å². The lowest BCUT2D eigenvalue weighted by Gasteiger charge is -2.18. The Morgan fingerprint density at radius 2 is 2.00 bits per heavy atom. The molecule has 4 heteroatoms. The van der Waals surface area contributed by atoms with E-state index >= 15 is 0 Å². The first kappa shape index (κ1) is 15.2. The summed E-state index contributed by atoms with van der Waals surface area (Å²) in [6.07, 6.45) is 4.06. The Hall–Kier alpha value is -2.75. The molecule has 1 aliphatic rings. The summed E-state index contributed by atoms with van der Waals surface area (Å²) in [5.41, 5.74) is 3.33. The van der Waals surface area contributed by atoms with E-state index in [0.717, 1.165) is 29.5 Å².